The Morgan fingerprint density at radius 1 is 1.06 bits per heavy atom. The molecule has 4 rings (SSSR count). The van der Waals surface area contributed by atoms with Crippen LogP contribution in [-0.4, -0.2) is 44.3 Å². The van der Waals surface area contributed by atoms with E-state index >= 15 is 0 Å². The topological polar surface area (TPSA) is 82.7 Å². The summed E-state index contributed by atoms with van der Waals surface area (Å²) < 4.78 is 5.65. The van der Waals surface area contributed by atoms with Crippen LogP contribution in [0.25, 0.3) is 0 Å². The van der Waals surface area contributed by atoms with Gasteiger partial charge in [0.1, 0.15) is 0 Å². The van der Waals surface area contributed by atoms with Gasteiger partial charge < -0.3 is 25.6 Å². The SMILES string of the molecule is Cc1ccc(NC(=O)Nc2ccc(N3CCC(C)CC3)c(C(=O)NCC3CCCO3)c2)cc1Cl. The number of nitrogens with one attached hydrogen (secondary N) is 3. The maximum absolute atomic E-state index is 13.2. The van der Waals surface area contributed by atoms with Crippen molar-refractivity contribution >= 4 is 40.6 Å². The Morgan fingerprint density at radius 2 is 1.76 bits per heavy atom. The van der Waals surface area contributed by atoms with Gasteiger partial charge in [0.15, 0.2) is 0 Å². The summed E-state index contributed by atoms with van der Waals surface area (Å²) in [7, 11) is 0. The Labute approximate surface area is 206 Å². The maximum atomic E-state index is 13.2. The third kappa shape index (κ3) is 6.21. The van der Waals surface area contributed by atoms with Gasteiger partial charge in [-0.1, -0.05) is 24.6 Å². The summed E-state index contributed by atoms with van der Waals surface area (Å²) in [6, 6.07) is 10.5. The molecule has 3 amide bonds. The monoisotopic (exact) mass is 484 g/mol. The number of urea groups is 1. The summed E-state index contributed by atoms with van der Waals surface area (Å²) >= 11 is 6.16. The molecule has 2 fully saturated rings. The van der Waals surface area contributed by atoms with Crippen LogP contribution >= 0.6 is 11.6 Å². The lowest BCUT2D eigenvalue weighted by Crippen LogP contribution is -2.36. The van der Waals surface area contributed by atoms with Crippen molar-refractivity contribution in [2.75, 3.05) is 41.8 Å². The Morgan fingerprint density at radius 3 is 2.44 bits per heavy atom. The van der Waals surface area contributed by atoms with Gasteiger partial charge in [-0.15, -0.1) is 0 Å². The number of rotatable bonds is 6. The molecule has 2 aromatic rings. The number of anilines is 3. The molecular formula is C26H33ClN4O3. The van der Waals surface area contributed by atoms with Crippen molar-refractivity contribution in [1.29, 1.82) is 0 Å². The normalized spacial score (nSPS) is 18.6. The lowest BCUT2D eigenvalue weighted by molar-refractivity contribution is 0.0858. The van der Waals surface area contributed by atoms with Crippen LogP contribution in [0, 0.1) is 12.8 Å². The molecular weight excluding hydrogens is 452 g/mol. The number of ether oxygens (including phenoxy) is 1. The van der Waals surface area contributed by atoms with E-state index in [1.807, 2.05) is 25.1 Å². The lowest BCUT2D eigenvalue weighted by atomic mass is 9.97. The summed E-state index contributed by atoms with van der Waals surface area (Å²) in [6.45, 7) is 7.23. The molecule has 0 saturated carbocycles. The molecule has 1 unspecified atom stereocenters. The highest BCUT2D eigenvalue weighted by Crippen LogP contribution is 2.29. The summed E-state index contributed by atoms with van der Waals surface area (Å²) in [4.78, 5) is 28.0. The molecule has 0 aliphatic carbocycles. The van der Waals surface area contributed by atoms with Crippen molar-refractivity contribution in [3.8, 4) is 0 Å². The summed E-state index contributed by atoms with van der Waals surface area (Å²) in [5, 5.41) is 9.24. The number of benzene rings is 2. The van der Waals surface area contributed by atoms with Crippen molar-refractivity contribution in [2.45, 2.75) is 45.6 Å². The summed E-state index contributed by atoms with van der Waals surface area (Å²) in [6.07, 6.45) is 4.24. The average molecular weight is 485 g/mol. The lowest BCUT2D eigenvalue weighted by Gasteiger charge is -2.33. The largest absolute Gasteiger partial charge is 0.376 e. The van der Waals surface area contributed by atoms with Crippen molar-refractivity contribution < 1.29 is 14.3 Å². The fourth-order valence-electron chi connectivity index (χ4n) is 4.39. The molecule has 2 heterocycles. The third-order valence-electron chi connectivity index (χ3n) is 6.57. The smallest absolute Gasteiger partial charge is 0.323 e. The van der Waals surface area contributed by atoms with Gasteiger partial charge in [0.2, 0.25) is 0 Å². The number of amides is 3. The fourth-order valence-corrected chi connectivity index (χ4v) is 4.57. The van der Waals surface area contributed by atoms with Gasteiger partial charge in [-0.2, -0.15) is 0 Å². The van der Waals surface area contributed by atoms with E-state index in [2.05, 4.69) is 27.8 Å². The third-order valence-corrected chi connectivity index (χ3v) is 6.97. The molecule has 0 spiro atoms. The minimum absolute atomic E-state index is 0.0663. The van der Waals surface area contributed by atoms with Gasteiger partial charge in [-0.25, -0.2) is 4.79 Å². The van der Waals surface area contributed by atoms with Crippen LogP contribution in [0.15, 0.2) is 36.4 Å². The van der Waals surface area contributed by atoms with E-state index in [-0.39, 0.29) is 12.0 Å². The number of halogens is 1. The molecule has 0 bridgehead atoms. The summed E-state index contributed by atoms with van der Waals surface area (Å²) in [5.41, 5.74) is 3.54. The number of nitrogens with zero attached hydrogens (tertiary/aromatic N) is 1. The Kier molecular flexibility index (Phi) is 7.95. The van der Waals surface area contributed by atoms with E-state index in [9.17, 15) is 9.59 Å². The molecule has 2 saturated heterocycles. The highest BCUT2D eigenvalue weighted by atomic mass is 35.5. The average Bonchev–Trinajstić information content (AvgIpc) is 3.34. The van der Waals surface area contributed by atoms with Crippen LogP contribution in [0.5, 0.6) is 0 Å². The molecule has 2 aromatic carbocycles. The molecule has 8 heteroatoms. The molecule has 7 nitrogen and oxygen atoms in total. The summed E-state index contributed by atoms with van der Waals surface area (Å²) in [5.74, 6) is 0.534. The predicted molar refractivity (Wildman–Crippen MR) is 137 cm³/mol. The van der Waals surface area contributed by atoms with Gasteiger partial charge in [-0.05, 0) is 74.4 Å². The molecule has 2 aliphatic heterocycles. The van der Waals surface area contributed by atoms with E-state index in [4.69, 9.17) is 16.3 Å². The zero-order valence-corrected chi connectivity index (χ0v) is 20.6. The van der Waals surface area contributed by atoms with Crippen LogP contribution < -0.4 is 20.9 Å². The van der Waals surface area contributed by atoms with Crippen molar-refractivity contribution in [3.05, 3.63) is 52.5 Å². The molecule has 1 atom stereocenters. The van der Waals surface area contributed by atoms with E-state index in [0.717, 1.165) is 56.6 Å². The minimum Gasteiger partial charge on any atom is -0.376 e. The first-order valence-corrected chi connectivity index (χ1v) is 12.4. The van der Waals surface area contributed by atoms with Crippen LogP contribution in [0.4, 0.5) is 21.9 Å². The standard InChI is InChI=1S/C26H33ClN4O3/c1-17-9-11-31(12-10-17)24-8-7-19(14-22(24)25(32)28-16-21-4-3-13-34-21)29-26(33)30-20-6-5-18(2)23(27)15-20/h5-8,14-15,17,21H,3-4,9-13,16H2,1-2H3,(H,28,32)(H2,29,30,33). The first-order chi connectivity index (χ1) is 16.4. The second kappa shape index (κ2) is 11.1. The van der Waals surface area contributed by atoms with E-state index < -0.39 is 6.03 Å². The van der Waals surface area contributed by atoms with Crippen LogP contribution in [0.1, 0.15) is 48.5 Å². The zero-order valence-electron chi connectivity index (χ0n) is 19.8. The van der Waals surface area contributed by atoms with E-state index in [0.29, 0.717) is 34.4 Å². The Hall–Kier alpha value is -2.77. The first kappa shape index (κ1) is 24.4. The second-order valence-electron chi connectivity index (χ2n) is 9.29. The molecule has 2 aliphatic rings. The number of piperidine rings is 1. The molecule has 3 N–H and O–H groups in total. The predicted octanol–water partition coefficient (Wildman–Crippen LogP) is 5.44. The second-order valence-corrected chi connectivity index (χ2v) is 9.70. The van der Waals surface area contributed by atoms with Crippen molar-refractivity contribution in [2.24, 2.45) is 5.92 Å². The van der Waals surface area contributed by atoms with Crippen molar-refractivity contribution in [1.82, 2.24) is 5.32 Å². The fraction of sp³-hybridized carbons (Fsp3) is 0.462. The van der Waals surface area contributed by atoms with Gasteiger partial charge in [0, 0.05) is 48.3 Å². The maximum Gasteiger partial charge on any atom is 0.323 e. The van der Waals surface area contributed by atoms with E-state index in [1.165, 1.54) is 0 Å². The van der Waals surface area contributed by atoms with Crippen LogP contribution in [0.3, 0.4) is 0 Å². The first-order valence-electron chi connectivity index (χ1n) is 12.0. The molecule has 0 radical (unpaired) electrons. The molecule has 34 heavy (non-hydrogen) atoms. The molecule has 0 aromatic heterocycles. The minimum atomic E-state index is -0.398. The highest BCUT2D eigenvalue weighted by molar-refractivity contribution is 6.31. The quantitative estimate of drug-likeness (QED) is 0.510. The Bertz CT molecular complexity index is 1030. The number of aryl methyl sites for hydroxylation is 1. The number of hydrogen-bond acceptors (Lipinski definition) is 4. The van der Waals surface area contributed by atoms with Gasteiger partial charge in [0.25, 0.3) is 5.91 Å². The van der Waals surface area contributed by atoms with Gasteiger partial charge in [-0.3, -0.25) is 4.79 Å². The van der Waals surface area contributed by atoms with Gasteiger partial charge >= 0.3 is 6.03 Å². The Balaban J connectivity index is 1.49. The highest BCUT2D eigenvalue weighted by Gasteiger charge is 2.23. The number of hydrogen-bond donors (Lipinski definition) is 3. The van der Waals surface area contributed by atoms with E-state index in [1.54, 1.807) is 18.2 Å². The number of carbonyl (C=O) groups excluding carboxylic acids is 2. The molecule has 182 valence electrons. The zero-order chi connectivity index (χ0) is 24.1. The van der Waals surface area contributed by atoms with Crippen molar-refractivity contribution in [3.63, 3.8) is 0 Å². The van der Waals surface area contributed by atoms with Gasteiger partial charge in [0.05, 0.1) is 11.7 Å². The van der Waals surface area contributed by atoms with Crippen LogP contribution in [-0.2, 0) is 4.74 Å². The van der Waals surface area contributed by atoms with Crippen LogP contribution in [0.2, 0.25) is 5.02 Å². The number of carbonyl (C=O) groups is 2.